The SMILES string of the molecule is N#CC1=C(C#N)NCCN=C1. The molecule has 4 nitrogen and oxygen atoms in total. The average molecular weight is 146 g/mol. The lowest BCUT2D eigenvalue weighted by Crippen LogP contribution is -2.15. The van der Waals surface area contributed by atoms with Crippen LogP contribution in [0, 0.1) is 22.7 Å². The van der Waals surface area contributed by atoms with Gasteiger partial charge in [0.2, 0.25) is 0 Å². The Kier molecular flexibility index (Phi) is 2.24. The van der Waals surface area contributed by atoms with Crippen molar-refractivity contribution in [3.8, 4) is 12.1 Å². The monoisotopic (exact) mass is 146 g/mol. The number of hydrogen-bond acceptors (Lipinski definition) is 4. The van der Waals surface area contributed by atoms with E-state index in [0.717, 1.165) is 0 Å². The molecule has 0 saturated heterocycles. The second-order valence-corrected chi connectivity index (χ2v) is 1.97. The Morgan fingerprint density at radius 1 is 1.45 bits per heavy atom. The molecule has 0 amide bonds. The Balaban J connectivity index is 2.99. The maximum atomic E-state index is 8.53. The van der Waals surface area contributed by atoms with Crippen molar-refractivity contribution in [2.75, 3.05) is 13.1 Å². The highest BCUT2D eigenvalue weighted by Gasteiger charge is 2.04. The molecule has 0 bridgehead atoms. The van der Waals surface area contributed by atoms with E-state index in [2.05, 4.69) is 10.3 Å². The summed E-state index contributed by atoms with van der Waals surface area (Å²) in [5.41, 5.74) is 0.624. The zero-order valence-corrected chi connectivity index (χ0v) is 5.83. The number of aliphatic imine (C=N–C) groups is 1. The first-order valence-corrected chi connectivity index (χ1v) is 3.16. The normalized spacial score (nSPS) is 16.2. The zero-order chi connectivity index (χ0) is 8.10. The molecule has 0 unspecified atom stereocenters. The van der Waals surface area contributed by atoms with E-state index in [9.17, 15) is 0 Å². The summed E-state index contributed by atoms with van der Waals surface area (Å²) in [7, 11) is 0. The Hall–Kier alpha value is -1.81. The van der Waals surface area contributed by atoms with Gasteiger partial charge in [-0.25, -0.2) is 0 Å². The summed E-state index contributed by atoms with van der Waals surface area (Å²) >= 11 is 0. The summed E-state index contributed by atoms with van der Waals surface area (Å²) < 4.78 is 0. The molecule has 1 aliphatic heterocycles. The molecule has 4 heteroatoms. The maximum absolute atomic E-state index is 8.53. The van der Waals surface area contributed by atoms with E-state index in [1.807, 2.05) is 12.1 Å². The van der Waals surface area contributed by atoms with Crippen molar-refractivity contribution in [1.29, 1.82) is 10.5 Å². The minimum Gasteiger partial charge on any atom is -0.374 e. The topological polar surface area (TPSA) is 72.0 Å². The smallest absolute Gasteiger partial charge is 0.133 e. The van der Waals surface area contributed by atoms with Crippen molar-refractivity contribution < 1.29 is 0 Å². The standard InChI is InChI=1S/C7H6N4/c8-3-6-5-10-1-2-11-7(6)4-9/h5,11H,1-2H2. The minimum absolute atomic E-state index is 0.310. The number of rotatable bonds is 0. The summed E-state index contributed by atoms with van der Waals surface area (Å²) in [5.74, 6) is 0. The van der Waals surface area contributed by atoms with Gasteiger partial charge >= 0.3 is 0 Å². The number of hydrogen-bond donors (Lipinski definition) is 1. The molecule has 0 saturated carbocycles. The summed E-state index contributed by atoms with van der Waals surface area (Å²) in [5, 5.41) is 19.9. The minimum atomic E-state index is 0.310. The Labute approximate surface area is 64.5 Å². The van der Waals surface area contributed by atoms with Gasteiger partial charge in [0.1, 0.15) is 23.4 Å². The average Bonchev–Trinajstić information content (AvgIpc) is 2.27. The molecule has 1 heterocycles. The number of nitriles is 2. The fraction of sp³-hybridized carbons (Fsp3) is 0.286. The molecule has 1 aliphatic rings. The fourth-order valence-electron chi connectivity index (χ4n) is 0.746. The fourth-order valence-corrected chi connectivity index (χ4v) is 0.746. The molecule has 0 aliphatic carbocycles. The third-order valence-electron chi connectivity index (χ3n) is 1.26. The van der Waals surface area contributed by atoms with Crippen molar-refractivity contribution in [2.24, 2.45) is 4.99 Å². The van der Waals surface area contributed by atoms with Gasteiger partial charge in [-0.2, -0.15) is 10.5 Å². The van der Waals surface area contributed by atoms with Crippen LogP contribution >= 0.6 is 0 Å². The van der Waals surface area contributed by atoms with Crippen LogP contribution in [0.25, 0.3) is 0 Å². The summed E-state index contributed by atoms with van der Waals surface area (Å²) in [6.07, 6.45) is 1.43. The highest BCUT2D eigenvalue weighted by atomic mass is 14.9. The molecule has 0 atom stereocenters. The lowest BCUT2D eigenvalue weighted by molar-refractivity contribution is 0.827. The second-order valence-electron chi connectivity index (χ2n) is 1.97. The Bertz CT molecular complexity index is 287. The molecule has 0 aromatic rings. The third kappa shape index (κ3) is 1.56. The van der Waals surface area contributed by atoms with Gasteiger partial charge in [-0.1, -0.05) is 0 Å². The third-order valence-corrected chi connectivity index (χ3v) is 1.26. The van der Waals surface area contributed by atoms with Crippen LogP contribution in [0.2, 0.25) is 0 Å². The van der Waals surface area contributed by atoms with Crippen LogP contribution < -0.4 is 5.32 Å². The van der Waals surface area contributed by atoms with Crippen molar-refractivity contribution in [3.05, 3.63) is 11.3 Å². The van der Waals surface area contributed by atoms with Gasteiger partial charge in [0, 0.05) is 12.8 Å². The number of allylic oxidation sites excluding steroid dienone is 2. The lowest BCUT2D eigenvalue weighted by atomic mass is 10.2. The van der Waals surface area contributed by atoms with Crippen molar-refractivity contribution >= 4 is 6.21 Å². The number of nitrogens with zero attached hydrogens (tertiary/aromatic N) is 3. The van der Waals surface area contributed by atoms with Crippen LogP contribution in [0.15, 0.2) is 16.3 Å². The van der Waals surface area contributed by atoms with Crippen LogP contribution in [0.1, 0.15) is 0 Å². The Morgan fingerprint density at radius 2 is 2.27 bits per heavy atom. The van der Waals surface area contributed by atoms with E-state index in [-0.39, 0.29) is 0 Å². The molecule has 0 aromatic carbocycles. The van der Waals surface area contributed by atoms with Gasteiger partial charge < -0.3 is 5.32 Å². The largest absolute Gasteiger partial charge is 0.374 e. The molecular weight excluding hydrogens is 140 g/mol. The molecule has 0 fully saturated rings. The molecule has 1 N–H and O–H groups in total. The van der Waals surface area contributed by atoms with Gasteiger partial charge in [-0.05, 0) is 0 Å². The highest BCUT2D eigenvalue weighted by Crippen LogP contribution is 1.98. The predicted octanol–water partition coefficient (Wildman–Crippen LogP) is -0.0383. The number of nitrogens with one attached hydrogen (secondary N) is 1. The van der Waals surface area contributed by atoms with E-state index in [1.165, 1.54) is 6.21 Å². The van der Waals surface area contributed by atoms with Crippen LogP contribution in [-0.4, -0.2) is 19.3 Å². The lowest BCUT2D eigenvalue weighted by Gasteiger charge is -1.97. The summed E-state index contributed by atoms with van der Waals surface area (Å²) in [6, 6.07) is 3.79. The first-order chi connectivity index (χ1) is 5.38. The molecule has 0 aromatic heterocycles. The summed E-state index contributed by atoms with van der Waals surface area (Å²) in [6.45, 7) is 1.22. The predicted molar refractivity (Wildman–Crippen MR) is 39.6 cm³/mol. The van der Waals surface area contributed by atoms with E-state index < -0.39 is 0 Å². The first-order valence-electron chi connectivity index (χ1n) is 3.16. The van der Waals surface area contributed by atoms with Crippen LogP contribution in [0.5, 0.6) is 0 Å². The highest BCUT2D eigenvalue weighted by molar-refractivity contribution is 5.86. The zero-order valence-electron chi connectivity index (χ0n) is 5.83. The van der Waals surface area contributed by atoms with Crippen LogP contribution in [-0.2, 0) is 0 Å². The van der Waals surface area contributed by atoms with Gasteiger partial charge in [-0.3, -0.25) is 4.99 Å². The Morgan fingerprint density at radius 3 is 2.91 bits per heavy atom. The quantitative estimate of drug-likeness (QED) is 0.521. The van der Waals surface area contributed by atoms with Crippen molar-refractivity contribution in [3.63, 3.8) is 0 Å². The molecule has 54 valence electrons. The molecule has 0 spiro atoms. The molecular formula is C7H6N4. The van der Waals surface area contributed by atoms with Gasteiger partial charge in [-0.15, -0.1) is 0 Å². The molecule has 1 rings (SSSR count). The van der Waals surface area contributed by atoms with Crippen molar-refractivity contribution in [1.82, 2.24) is 5.32 Å². The van der Waals surface area contributed by atoms with Crippen LogP contribution in [0.4, 0.5) is 0 Å². The van der Waals surface area contributed by atoms with Crippen molar-refractivity contribution in [2.45, 2.75) is 0 Å². The van der Waals surface area contributed by atoms with Gasteiger partial charge in [0.05, 0.1) is 6.54 Å². The van der Waals surface area contributed by atoms with Gasteiger partial charge in [0.15, 0.2) is 0 Å². The van der Waals surface area contributed by atoms with E-state index >= 15 is 0 Å². The van der Waals surface area contributed by atoms with E-state index in [0.29, 0.717) is 24.4 Å². The first kappa shape index (κ1) is 7.30. The second kappa shape index (κ2) is 3.38. The van der Waals surface area contributed by atoms with E-state index in [4.69, 9.17) is 10.5 Å². The maximum Gasteiger partial charge on any atom is 0.133 e. The van der Waals surface area contributed by atoms with Gasteiger partial charge in [0.25, 0.3) is 0 Å². The van der Waals surface area contributed by atoms with Crippen LogP contribution in [0.3, 0.4) is 0 Å². The summed E-state index contributed by atoms with van der Waals surface area (Å²) in [4.78, 5) is 3.90. The molecule has 11 heavy (non-hydrogen) atoms. The molecule has 0 radical (unpaired) electrons. The van der Waals surface area contributed by atoms with E-state index in [1.54, 1.807) is 0 Å².